The zero-order chi connectivity index (χ0) is 23.7. The highest BCUT2D eigenvalue weighted by Crippen LogP contribution is 2.27. The van der Waals surface area contributed by atoms with Crippen molar-refractivity contribution in [2.24, 2.45) is 0 Å². The molecule has 6 heteroatoms. The number of hydrogen-bond acceptors (Lipinski definition) is 4. The topological polar surface area (TPSA) is 55.2 Å². The Hall–Kier alpha value is -3.38. The summed E-state index contributed by atoms with van der Waals surface area (Å²) < 4.78 is 1.74. The summed E-state index contributed by atoms with van der Waals surface area (Å²) in [7, 11) is 0. The van der Waals surface area contributed by atoms with E-state index >= 15 is 0 Å². The minimum absolute atomic E-state index is 0.0617. The second-order valence-electron chi connectivity index (χ2n) is 8.83. The molecule has 0 N–H and O–H groups in total. The van der Waals surface area contributed by atoms with Gasteiger partial charge in [-0.05, 0) is 73.7 Å². The van der Waals surface area contributed by atoms with Crippen molar-refractivity contribution >= 4 is 28.6 Å². The van der Waals surface area contributed by atoms with Crippen molar-refractivity contribution in [3.63, 3.8) is 0 Å². The summed E-state index contributed by atoms with van der Waals surface area (Å²) >= 11 is 1.53. The average molecular weight is 470 g/mol. The molecule has 0 radical (unpaired) electrons. The van der Waals surface area contributed by atoms with Crippen LogP contribution in [0.4, 0.5) is 0 Å². The fourth-order valence-electron chi connectivity index (χ4n) is 4.38. The molecule has 0 saturated carbocycles. The summed E-state index contributed by atoms with van der Waals surface area (Å²) in [5.41, 5.74) is 5.42. The third-order valence-electron chi connectivity index (χ3n) is 6.31. The van der Waals surface area contributed by atoms with Crippen molar-refractivity contribution in [2.45, 2.75) is 37.6 Å². The summed E-state index contributed by atoms with van der Waals surface area (Å²) in [6, 6.07) is 21.4. The summed E-state index contributed by atoms with van der Waals surface area (Å²) in [4.78, 5) is 33.0. The smallest absolute Gasteiger partial charge is 0.266 e. The van der Waals surface area contributed by atoms with Crippen LogP contribution in [-0.2, 0) is 5.75 Å². The zero-order valence-corrected chi connectivity index (χ0v) is 20.3. The molecule has 1 amide bonds. The molecule has 1 aromatic heterocycles. The minimum atomic E-state index is -0.0617. The van der Waals surface area contributed by atoms with Crippen LogP contribution in [0.2, 0.25) is 0 Å². The fourth-order valence-corrected chi connectivity index (χ4v) is 5.34. The highest BCUT2D eigenvalue weighted by molar-refractivity contribution is 7.98. The molecule has 1 fully saturated rings. The maximum Gasteiger partial charge on any atom is 0.266 e. The van der Waals surface area contributed by atoms with Crippen molar-refractivity contribution in [2.75, 3.05) is 13.1 Å². The molecule has 0 spiro atoms. The summed E-state index contributed by atoms with van der Waals surface area (Å²) in [5, 5.41) is 1.27. The van der Waals surface area contributed by atoms with Crippen LogP contribution in [0, 0.1) is 13.8 Å². The third kappa shape index (κ3) is 4.38. The van der Waals surface area contributed by atoms with E-state index in [4.69, 9.17) is 4.98 Å². The van der Waals surface area contributed by atoms with Crippen LogP contribution in [-0.4, -0.2) is 33.4 Å². The van der Waals surface area contributed by atoms with Crippen molar-refractivity contribution in [3.8, 4) is 5.69 Å². The van der Waals surface area contributed by atoms with Gasteiger partial charge in [0.2, 0.25) is 0 Å². The van der Waals surface area contributed by atoms with Crippen LogP contribution in [0.3, 0.4) is 0 Å². The molecule has 2 heterocycles. The monoisotopic (exact) mass is 469 g/mol. The van der Waals surface area contributed by atoms with Crippen LogP contribution in [0.25, 0.3) is 16.6 Å². The molecule has 4 aromatic rings. The standard InChI is InChI=1S/C28H27N3O2S/c1-19-9-10-20(2)25(17-19)31-27(33)23-7-3-4-8-24(23)29-28(31)34-18-21-11-13-22(14-12-21)26(32)30-15-5-6-16-30/h3-4,7-14,17H,5-6,15-16,18H2,1-2H3. The van der Waals surface area contributed by atoms with Gasteiger partial charge in [0.05, 0.1) is 16.6 Å². The quantitative estimate of drug-likeness (QED) is 0.285. The Morgan fingerprint density at radius 1 is 0.971 bits per heavy atom. The number of carbonyl (C=O) groups excluding carboxylic acids is 1. The van der Waals surface area contributed by atoms with Gasteiger partial charge >= 0.3 is 0 Å². The molecule has 5 rings (SSSR count). The maximum atomic E-state index is 13.5. The lowest BCUT2D eigenvalue weighted by atomic mass is 10.1. The Morgan fingerprint density at radius 2 is 1.71 bits per heavy atom. The molecule has 1 saturated heterocycles. The van der Waals surface area contributed by atoms with E-state index in [0.29, 0.717) is 21.8 Å². The Balaban J connectivity index is 1.47. The number of amides is 1. The lowest BCUT2D eigenvalue weighted by Gasteiger charge is -2.16. The van der Waals surface area contributed by atoms with Crippen LogP contribution in [0.5, 0.6) is 0 Å². The minimum Gasteiger partial charge on any atom is -0.339 e. The van der Waals surface area contributed by atoms with E-state index < -0.39 is 0 Å². The molecule has 1 aliphatic heterocycles. The molecule has 5 nitrogen and oxygen atoms in total. The zero-order valence-electron chi connectivity index (χ0n) is 19.5. The van der Waals surface area contributed by atoms with Gasteiger partial charge in [-0.2, -0.15) is 0 Å². The van der Waals surface area contributed by atoms with E-state index in [9.17, 15) is 9.59 Å². The normalized spacial score (nSPS) is 13.5. The molecular weight excluding hydrogens is 442 g/mol. The number of likely N-dealkylation sites (tertiary alicyclic amines) is 1. The number of rotatable bonds is 5. The first-order chi connectivity index (χ1) is 16.5. The molecule has 0 atom stereocenters. The second-order valence-corrected chi connectivity index (χ2v) is 9.77. The Kier molecular flexibility index (Phi) is 6.24. The Labute approximate surface area is 203 Å². The van der Waals surface area contributed by atoms with Crippen LogP contribution in [0.15, 0.2) is 76.7 Å². The van der Waals surface area contributed by atoms with E-state index in [1.165, 1.54) is 11.8 Å². The molecule has 0 unspecified atom stereocenters. The van der Waals surface area contributed by atoms with E-state index in [-0.39, 0.29) is 11.5 Å². The van der Waals surface area contributed by atoms with Crippen LogP contribution >= 0.6 is 11.8 Å². The van der Waals surface area contributed by atoms with Crippen molar-refractivity contribution in [1.82, 2.24) is 14.5 Å². The number of fused-ring (bicyclic) bond motifs is 1. The molecule has 34 heavy (non-hydrogen) atoms. The third-order valence-corrected chi connectivity index (χ3v) is 7.32. The van der Waals surface area contributed by atoms with Gasteiger partial charge in [-0.3, -0.25) is 14.2 Å². The van der Waals surface area contributed by atoms with Gasteiger partial charge in [0, 0.05) is 24.4 Å². The highest BCUT2D eigenvalue weighted by atomic mass is 32.2. The van der Waals surface area contributed by atoms with E-state index in [1.54, 1.807) is 4.57 Å². The maximum absolute atomic E-state index is 13.5. The molecule has 1 aliphatic rings. The Bertz CT molecular complexity index is 1420. The number of carbonyl (C=O) groups is 1. The highest BCUT2D eigenvalue weighted by Gasteiger charge is 2.19. The van der Waals surface area contributed by atoms with Crippen LogP contribution < -0.4 is 5.56 Å². The van der Waals surface area contributed by atoms with Gasteiger partial charge in [0.15, 0.2) is 5.16 Å². The molecular formula is C28H27N3O2S. The number of thioether (sulfide) groups is 1. The predicted octanol–water partition coefficient (Wildman–Crippen LogP) is 5.53. The Morgan fingerprint density at radius 3 is 2.47 bits per heavy atom. The number of nitrogens with zero attached hydrogens (tertiary/aromatic N) is 3. The first-order valence-corrected chi connectivity index (χ1v) is 12.6. The van der Waals surface area contributed by atoms with Gasteiger partial charge in [-0.1, -0.05) is 48.2 Å². The number of benzene rings is 3. The number of aromatic nitrogens is 2. The first kappa shape index (κ1) is 22.4. The van der Waals surface area contributed by atoms with E-state index in [2.05, 4.69) is 6.07 Å². The first-order valence-electron chi connectivity index (χ1n) is 11.6. The van der Waals surface area contributed by atoms with Crippen molar-refractivity contribution in [3.05, 3.63) is 99.3 Å². The van der Waals surface area contributed by atoms with E-state index in [0.717, 1.165) is 53.9 Å². The van der Waals surface area contributed by atoms with Gasteiger partial charge < -0.3 is 4.90 Å². The SMILES string of the molecule is Cc1ccc(C)c(-n2c(SCc3ccc(C(=O)N4CCCC4)cc3)nc3ccccc3c2=O)c1. The lowest BCUT2D eigenvalue weighted by Crippen LogP contribution is -2.27. The number of hydrogen-bond donors (Lipinski definition) is 0. The molecule has 172 valence electrons. The van der Waals surface area contributed by atoms with Crippen molar-refractivity contribution < 1.29 is 4.79 Å². The average Bonchev–Trinajstić information content (AvgIpc) is 3.40. The van der Waals surface area contributed by atoms with Gasteiger partial charge in [-0.15, -0.1) is 0 Å². The molecule has 0 bridgehead atoms. The van der Waals surface area contributed by atoms with Crippen molar-refractivity contribution in [1.29, 1.82) is 0 Å². The summed E-state index contributed by atoms with van der Waals surface area (Å²) in [5.74, 6) is 0.755. The number of para-hydroxylation sites is 1. The lowest BCUT2D eigenvalue weighted by molar-refractivity contribution is 0.0793. The molecule has 3 aromatic carbocycles. The second kappa shape index (κ2) is 9.47. The van der Waals surface area contributed by atoms with Gasteiger partial charge in [-0.25, -0.2) is 4.98 Å². The summed E-state index contributed by atoms with van der Waals surface area (Å²) in [6.45, 7) is 5.74. The predicted molar refractivity (Wildman–Crippen MR) is 138 cm³/mol. The van der Waals surface area contributed by atoms with Gasteiger partial charge in [0.25, 0.3) is 11.5 Å². The number of aryl methyl sites for hydroxylation is 2. The summed E-state index contributed by atoms with van der Waals surface area (Å²) in [6.07, 6.45) is 2.17. The molecule has 0 aliphatic carbocycles. The van der Waals surface area contributed by atoms with Crippen LogP contribution in [0.1, 0.15) is 39.9 Å². The van der Waals surface area contributed by atoms with Gasteiger partial charge in [0.1, 0.15) is 0 Å². The fraction of sp³-hybridized carbons (Fsp3) is 0.250. The van der Waals surface area contributed by atoms with E-state index in [1.807, 2.05) is 79.4 Å². The largest absolute Gasteiger partial charge is 0.339 e.